The number of amides is 1. The molecule has 8 nitrogen and oxygen atoms in total. The van der Waals surface area contributed by atoms with E-state index in [4.69, 9.17) is 27.9 Å². The number of carbonyl (C=O) groups excluding carboxylic acids is 1. The zero-order valence-corrected chi connectivity index (χ0v) is 19.2. The maximum absolute atomic E-state index is 12.9. The molecule has 168 valence electrons. The van der Waals surface area contributed by atoms with Crippen LogP contribution >= 0.6 is 23.2 Å². The highest BCUT2D eigenvalue weighted by Gasteiger charge is 2.27. The van der Waals surface area contributed by atoms with Gasteiger partial charge >= 0.3 is 0 Å². The molecule has 1 N–H and O–H groups in total. The zero-order chi connectivity index (χ0) is 22.7. The Hall–Kier alpha value is -2.43. The van der Waals surface area contributed by atoms with Crippen LogP contribution in [0.1, 0.15) is 15.9 Å². The molecule has 2 heterocycles. The maximum atomic E-state index is 12.9. The van der Waals surface area contributed by atoms with Gasteiger partial charge in [0.2, 0.25) is 10.0 Å². The summed E-state index contributed by atoms with van der Waals surface area (Å²) >= 11 is 12.2. The van der Waals surface area contributed by atoms with E-state index in [1.165, 1.54) is 16.4 Å². The number of hydrogen-bond donors (Lipinski definition) is 1. The largest absolute Gasteiger partial charge is 0.379 e. The molecule has 1 saturated heterocycles. The van der Waals surface area contributed by atoms with Crippen molar-refractivity contribution in [2.75, 3.05) is 31.6 Å². The normalized spacial score (nSPS) is 14.9. The molecule has 0 radical (unpaired) electrons. The average Bonchev–Trinajstić information content (AvgIpc) is 3.23. The van der Waals surface area contributed by atoms with Crippen LogP contribution in [0.15, 0.2) is 59.6 Å². The molecule has 0 bridgehead atoms. The second kappa shape index (κ2) is 9.60. The van der Waals surface area contributed by atoms with Gasteiger partial charge in [0, 0.05) is 34.8 Å². The van der Waals surface area contributed by atoms with Gasteiger partial charge in [-0.15, -0.1) is 0 Å². The number of nitrogens with zero attached hydrogens (tertiary/aromatic N) is 3. The van der Waals surface area contributed by atoms with Crippen molar-refractivity contribution in [1.82, 2.24) is 14.1 Å². The number of rotatable bonds is 6. The van der Waals surface area contributed by atoms with E-state index in [0.29, 0.717) is 35.6 Å². The first-order valence-electron chi connectivity index (χ1n) is 9.79. The van der Waals surface area contributed by atoms with Crippen molar-refractivity contribution in [2.24, 2.45) is 0 Å². The zero-order valence-electron chi connectivity index (χ0n) is 16.9. The van der Waals surface area contributed by atoms with Crippen LogP contribution < -0.4 is 5.32 Å². The van der Waals surface area contributed by atoms with E-state index in [0.717, 1.165) is 5.56 Å². The number of anilines is 1. The number of carbonyl (C=O) groups is 1. The Morgan fingerprint density at radius 2 is 1.88 bits per heavy atom. The van der Waals surface area contributed by atoms with Gasteiger partial charge in [-0.2, -0.15) is 9.40 Å². The first kappa shape index (κ1) is 22.8. The molecule has 11 heteroatoms. The number of halogens is 2. The van der Waals surface area contributed by atoms with Crippen molar-refractivity contribution in [3.63, 3.8) is 0 Å². The second-order valence-corrected chi connectivity index (χ2v) is 9.89. The van der Waals surface area contributed by atoms with Crippen molar-refractivity contribution >= 4 is 45.0 Å². The fourth-order valence-electron chi connectivity index (χ4n) is 3.30. The van der Waals surface area contributed by atoms with E-state index in [-0.39, 0.29) is 23.5 Å². The Labute approximate surface area is 195 Å². The predicted molar refractivity (Wildman–Crippen MR) is 122 cm³/mol. The van der Waals surface area contributed by atoms with Gasteiger partial charge in [0.1, 0.15) is 5.82 Å². The molecule has 0 unspecified atom stereocenters. The van der Waals surface area contributed by atoms with E-state index in [1.807, 2.05) is 0 Å². The first-order valence-corrected chi connectivity index (χ1v) is 12.0. The molecule has 0 saturated carbocycles. The fourth-order valence-corrected chi connectivity index (χ4v) is 5.22. The second-order valence-electron chi connectivity index (χ2n) is 7.11. The standard InChI is InChI=1S/C21H20Cl2N4O4S/c22-17-5-4-16(19(23)13-17)14-27-20(6-7-24-27)25-21(28)15-2-1-3-18(12-15)32(29,30)26-8-10-31-11-9-26/h1-7,12-13H,8-11,14H2,(H,25,28). The van der Waals surface area contributed by atoms with Crippen LogP contribution in [0.25, 0.3) is 0 Å². The summed E-state index contributed by atoms with van der Waals surface area (Å²) in [7, 11) is -3.71. The molecule has 3 aromatic rings. The van der Waals surface area contributed by atoms with E-state index >= 15 is 0 Å². The van der Waals surface area contributed by atoms with Gasteiger partial charge in [-0.25, -0.2) is 13.1 Å². The number of ether oxygens (including phenoxy) is 1. The first-order chi connectivity index (χ1) is 15.3. The van der Waals surface area contributed by atoms with Gasteiger partial charge in [0.25, 0.3) is 5.91 Å². The molecule has 0 atom stereocenters. The molecule has 0 spiro atoms. The van der Waals surface area contributed by atoms with Crippen LogP contribution in [0.4, 0.5) is 5.82 Å². The molecule has 2 aromatic carbocycles. The number of sulfonamides is 1. The number of morpholine rings is 1. The fraction of sp³-hybridized carbons (Fsp3) is 0.238. The molecular formula is C21H20Cl2N4O4S. The minimum Gasteiger partial charge on any atom is -0.379 e. The van der Waals surface area contributed by atoms with Crippen LogP contribution in [0, 0.1) is 0 Å². The lowest BCUT2D eigenvalue weighted by atomic mass is 10.2. The van der Waals surface area contributed by atoms with Gasteiger partial charge < -0.3 is 10.1 Å². The summed E-state index contributed by atoms with van der Waals surface area (Å²) in [5.74, 6) is -0.00423. The third-order valence-corrected chi connectivity index (χ3v) is 7.48. The molecule has 0 aliphatic carbocycles. The summed E-state index contributed by atoms with van der Waals surface area (Å²) in [5, 5.41) is 8.04. The van der Waals surface area contributed by atoms with Crippen LogP contribution in [0.3, 0.4) is 0 Å². The van der Waals surface area contributed by atoms with Crippen LogP contribution in [-0.4, -0.2) is 54.7 Å². The maximum Gasteiger partial charge on any atom is 0.256 e. The van der Waals surface area contributed by atoms with Crippen molar-refractivity contribution in [1.29, 1.82) is 0 Å². The summed E-state index contributed by atoms with van der Waals surface area (Å²) < 4.78 is 34.0. The lowest BCUT2D eigenvalue weighted by molar-refractivity contribution is 0.0730. The number of nitrogens with one attached hydrogen (secondary N) is 1. The van der Waals surface area contributed by atoms with Crippen molar-refractivity contribution in [3.05, 3.63) is 75.9 Å². The van der Waals surface area contributed by atoms with Crippen LogP contribution in [-0.2, 0) is 21.3 Å². The van der Waals surface area contributed by atoms with E-state index < -0.39 is 15.9 Å². The summed E-state index contributed by atoms with van der Waals surface area (Å²) in [6.45, 7) is 1.59. The third-order valence-electron chi connectivity index (χ3n) is 5.00. The summed E-state index contributed by atoms with van der Waals surface area (Å²) in [6, 6.07) is 12.8. The highest BCUT2D eigenvalue weighted by atomic mass is 35.5. The van der Waals surface area contributed by atoms with Crippen LogP contribution in [0.5, 0.6) is 0 Å². The Bertz CT molecular complexity index is 1240. The van der Waals surface area contributed by atoms with Crippen LogP contribution in [0.2, 0.25) is 10.0 Å². The topological polar surface area (TPSA) is 93.5 Å². The minimum absolute atomic E-state index is 0.0634. The minimum atomic E-state index is -3.71. The molecule has 1 aliphatic rings. The smallest absolute Gasteiger partial charge is 0.256 e. The van der Waals surface area contributed by atoms with Gasteiger partial charge in [-0.05, 0) is 35.9 Å². The highest BCUT2D eigenvalue weighted by molar-refractivity contribution is 7.89. The lowest BCUT2D eigenvalue weighted by Gasteiger charge is -2.26. The highest BCUT2D eigenvalue weighted by Crippen LogP contribution is 2.23. The third kappa shape index (κ3) is 4.97. The van der Waals surface area contributed by atoms with Crippen molar-refractivity contribution < 1.29 is 17.9 Å². The molecule has 1 amide bonds. The van der Waals surface area contributed by atoms with Crippen molar-refractivity contribution in [2.45, 2.75) is 11.4 Å². The van der Waals surface area contributed by atoms with Gasteiger partial charge in [-0.1, -0.05) is 35.3 Å². The summed E-state index contributed by atoms with van der Waals surface area (Å²) in [6.07, 6.45) is 1.55. The number of aromatic nitrogens is 2. The predicted octanol–water partition coefficient (Wildman–Crippen LogP) is 3.51. The summed E-state index contributed by atoms with van der Waals surface area (Å²) in [5.41, 5.74) is 1.01. The van der Waals surface area contributed by atoms with E-state index in [9.17, 15) is 13.2 Å². The Morgan fingerprint density at radius 1 is 1.09 bits per heavy atom. The summed E-state index contributed by atoms with van der Waals surface area (Å²) in [4.78, 5) is 12.9. The monoisotopic (exact) mass is 494 g/mol. The van der Waals surface area contributed by atoms with E-state index in [1.54, 1.807) is 47.3 Å². The molecule has 1 fully saturated rings. The Morgan fingerprint density at radius 3 is 2.62 bits per heavy atom. The van der Waals surface area contributed by atoms with Gasteiger partial charge in [0.05, 0.1) is 30.9 Å². The SMILES string of the molecule is O=C(Nc1ccnn1Cc1ccc(Cl)cc1Cl)c1cccc(S(=O)(=O)N2CCOCC2)c1. The molecule has 1 aliphatic heterocycles. The molecule has 1 aromatic heterocycles. The van der Waals surface area contributed by atoms with Gasteiger partial charge in [0.15, 0.2) is 0 Å². The van der Waals surface area contributed by atoms with Crippen molar-refractivity contribution in [3.8, 4) is 0 Å². The number of hydrogen-bond acceptors (Lipinski definition) is 5. The van der Waals surface area contributed by atoms with Gasteiger partial charge in [-0.3, -0.25) is 4.79 Å². The Kier molecular flexibility index (Phi) is 6.82. The quantitative estimate of drug-likeness (QED) is 0.565. The molecular weight excluding hydrogens is 475 g/mol. The molecule has 32 heavy (non-hydrogen) atoms. The van der Waals surface area contributed by atoms with E-state index in [2.05, 4.69) is 10.4 Å². The lowest BCUT2D eigenvalue weighted by Crippen LogP contribution is -2.40. The Balaban J connectivity index is 1.52. The number of benzene rings is 2. The average molecular weight is 495 g/mol. The molecule has 4 rings (SSSR count).